The Kier molecular flexibility index (Phi) is 3.57. The molecule has 7 heteroatoms. The lowest BCUT2D eigenvalue weighted by atomic mass is 9.89. The van der Waals surface area contributed by atoms with Gasteiger partial charge in [0.05, 0.1) is 6.04 Å². The number of rotatable bonds is 2. The van der Waals surface area contributed by atoms with E-state index in [1.165, 1.54) is 12.3 Å². The number of nitrogens with zero attached hydrogens (tertiary/aromatic N) is 1. The molecule has 28 heavy (non-hydrogen) atoms. The summed E-state index contributed by atoms with van der Waals surface area (Å²) in [5.74, 6) is -1.37. The summed E-state index contributed by atoms with van der Waals surface area (Å²) in [7, 11) is 1.60. The molecule has 1 fully saturated rings. The minimum Gasteiger partial charge on any atom is -0.477 e. The van der Waals surface area contributed by atoms with Crippen molar-refractivity contribution in [3.8, 4) is 0 Å². The Morgan fingerprint density at radius 1 is 1.29 bits per heavy atom. The number of fused-ring (bicyclic) bond motifs is 7. The average molecular weight is 378 g/mol. The van der Waals surface area contributed by atoms with E-state index in [0.717, 1.165) is 34.4 Å². The van der Waals surface area contributed by atoms with Crippen LogP contribution in [0.15, 0.2) is 35.3 Å². The van der Waals surface area contributed by atoms with Gasteiger partial charge in [0, 0.05) is 43.6 Å². The Bertz CT molecular complexity index is 1140. The van der Waals surface area contributed by atoms with Crippen molar-refractivity contribution in [2.75, 3.05) is 13.7 Å². The number of hydrogen-bond donors (Lipinski definition) is 2. The molecule has 0 radical (unpaired) electrons. The van der Waals surface area contributed by atoms with E-state index >= 15 is 0 Å². The Balaban J connectivity index is 1.70. The Labute approximate surface area is 160 Å². The molecule has 1 aromatic carbocycles. The van der Waals surface area contributed by atoms with Crippen molar-refractivity contribution in [2.45, 2.75) is 25.0 Å². The highest BCUT2D eigenvalue weighted by molar-refractivity contribution is 6.02. The van der Waals surface area contributed by atoms with Gasteiger partial charge in [0.25, 0.3) is 5.91 Å². The maximum absolute atomic E-state index is 12.4. The third-order valence-corrected chi connectivity index (χ3v) is 5.90. The summed E-state index contributed by atoms with van der Waals surface area (Å²) in [5, 5.41) is 12.0. The number of carboxylic acids is 1. The first-order valence-electron chi connectivity index (χ1n) is 9.19. The number of carbonyl (C=O) groups is 2. The van der Waals surface area contributed by atoms with Gasteiger partial charge in [-0.3, -0.25) is 9.59 Å². The van der Waals surface area contributed by atoms with Crippen molar-refractivity contribution in [3.63, 3.8) is 0 Å². The number of amides is 1. The molecular weight excluding hydrogens is 360 g/mol. The molecule has 7 nitrogen and oxygen atoms in total. The number of carbonyl (C=O) groups excluding carboxylic acids is 1. The van der Waals surface area contributed by atoms with Gasteiger partial charge in [-0.05, 0) is 40.8 Å². The molecule has 1 aromatic heterocycles. The number of hydrogen-bond acceptors (Lipinski definition) is 4. The predicted octanol–water partition coefficient (Wildman–Crippen LogP) is 1.72. The van der Waals surface area contributed by atoms with Gasteiger partial charge < -0.3 is 19.7 Å². The van der Waals surface area contributed by atoms with Gasteiger partial charge in [0.1, 0.15) is 11.7 Å². The van der Waals surface area contributed by atoms with Gasteiger partial charge in [-0.1, -0.05) is 6.07 Å². The third-order valence-electron chi connectivity index (χ3n) is 5.90. The standard InChI is InChI=1S/C21H18N2O5/c1-22-20(25)10-2-3-12-11(6-10)7-13-16-8-17(24)14(21(26)27)9-23(16)15-4-5-28-19(15)18(12)13/h2-3,6,8-9,15,19H,4-5,7H2,1H3,(H,22,25)(H,26,27)/t15-,19+/m1/s1. The molecule has 3 heterocycles. The fourth-order valence-electron chi connectivity index (χ4n) is 4.66. The SMILES string of the molecule is CNC(=O)c1ccc2c(c1)CC1=C2[C@H]2OCC[C@H]2n2cc(C(=O)O)c(=O)cc21. The summed E-state index contributed by atoms with van der Waals surface area (Å²) in [4.78, 5) is 35.8. The van der Waals surface area contributed by atoms with Crippen molar-refractivity contribution in [1.29, 1.82) is 0 Å². The normalized spacial score (nSPS) is 21.6. The van der Waals surface area contributed by atoms with Crippen LogP contribution >= 0.6 is 0 Å². The maximum Gasteiger partial charge on any atom is 0.341 e. The summed E-state index contributed by atoms with van der Waals surface area (Å²) in [6.07, 6.45) is 2.60. The van der Waals surface area contributed by atoms with Gasteiger partial charge in [-0.2, -0.15) is 0 Å². The second-order valence-corrected chi connectivity index (χ2v) is 7.32. The molecule has 1 saturated heterocycles. The zero-order valence-electron chi connectivity index (χ0n) is 15.2. The molecule has 0 unspecified atom stereocenters. The van der Waals surface area contributed by atoms with Gasteiger partial charge in [-0.15, -0.1) is 0 Å². The number of aromatic nitrogens is 1. The van der Waals surface area contributed by atoms with Crippen LogP contribution in [0.3, 0.4) is 0 Å². The fourth-order valence-corrected chi connectivity index (χ4v) is 4.66. The second kappa shape index (κ2) is 5.90. The molecule has 142 valence electrons. The predicted molar refractivity (Wildman–Crippen MR) is 101 cm³/mol. The number of carboxylic acid groups (broad SMARTS) is 1. The summed E-state index contributed by atoms with van der Waals surface area (Å²) >= 11 is 0. The summed E-state index contributed by atoms with van der Waals surface area (Å²) in [6, 6.07) is 7.01. The fraction of sp³-hybridized carbons (Fsp3) is 0.286. The highest BCUT2D eigenvalue weighted by atomic mass is 16.5. The van der Waals surface area contributed by atoms with Gasteiger partial charge in [0.2, 0.25) is 0 Å². The lowest BCUT2D eigenvalue weighted by molar-refractivity contribution is 0.0693. The van der Waals surface area contributed by atoms with E-state index in [2.05, 4.69) is 5.32 Å². The lowest BCUT2D eigenvalue weighted by Crippen LogP contribution is -2.31. The zero-order chi connectivity index (χ0) is 19.6. The first-order valence-corrected chi connectivity index (χ1v) is 9.19. The minimum atomic E-state index is -1.22. The van der Waals surface area contributed by atoms with Crippen molar-refractivity contribution in [1.82, 2.24) is 9.88 Å². The smallest absolute Gasteiger partial charge is 0.341 e. The molecule has 0 spiro atoms. The van der Waals surface area contributed by atoms with Crippen LogP contribution in [-0.4, -0.2) is 41.3 Å². The molecule has 2 aromatic rings. The molecule has 2 aliphatic heterocycles. The number of benzene rings is 1. The third kappa shape index (κ3) is 2.23. The molecule has 3 aliphatic rings. The van der Waals surface area contributed by atoms with Crippen LogP contribution in [0.25, 0.3) is 11.1 Å². The number of pyridine rings is 1. The Hall–Kier alpha value is -3.19. The first kappa shape index (κ1) is 16.9. The highest BCUT2D eigenvalue weighted by Gasteiger charge is 2.43. The van der Waals surface area contributed by atoms with E-state index in [-0.39, 0.29) is 23.6 Å². The largest absolute Gasteiger partial charge is 0.477 e. The minimum absolute atomic E-state index is 0.0444. The van der Waals surface area contributed by atoms with Crippen LogP contribution in [0.1, 0.15) is 50.0 Å². The van der Waals surface area contributed by atoms with E-state index in [1.807, 2.05) is 16.7 Å². The van der Waals surface area contributed by atoms with E-state index in [1.54, 1.807) is 13.1 Å². The molecule has 2 atom stereocenters. The first-order chi connectivity index (χ1) is 13.5. The molecular formula is C21H18N2O5. The maximum atomic E-state index is 12.4. The lowest BCUT2D eigenvalue weighted by Gasteiger charge is -2.32. The molecule has 1 aliphatic carbocycles. The Morgan fingerprint density at radius 2 is 2.11 bits per heavy atom. The van der Waals surface area contributed by atoms with Crippen molar-refractivity contribution >= 4 is 23.0 Å². The Morgan fingerprint density at radius 3 is 2.86 bits per heavy atom. The van der Waals surface area contributed by atoms with Crippen molar-refractivity contribution in [2.24, 2.45) is 0 Å². The number of nitrogens with one attached hydrogen (secondary N) is 1. The quantitative estimate of drug-likeness (QED) is 0.829. The van der Waals surface area contributed by atoms with Crippen LogP contribution in [0.5, 0.6) is 0 Å². The van der Waals surface area contributed by atoms with Crippen molar-refractivity contribution < 1.29 is 19.4 Å². The number of aromatic carboxylic acids is 1. The van der Waals surface area contributed by atoms with Crippen LogP contribution < -0.4 is 10.7 Å². The van der Waals surface area contributed by atoms with Crippen molar-refractivity contribution in [3.05, 3.63) is 68.6 Å². The van der Waals surface area contributed by atoms with Gasteiger partial charge >= 0.3 is 5.97 Å². The van der Waals surface area contributed by atoms with Crippen LogP contribution in [0.2, 0.25) is 0 Å². The molecule has 0 saturated carbocycles. The highest BCUT2D eigenvalue weighted by Crippen LogP contribution is 2.50. The molecule has 0 bridgehead atoms. The van der Waals surface area contributed by atoms with E-state index in [0.29, 0.717) is 18.6 Å². The second-order valence-electron chi connectivity index (χ2n) is 7.32. The monoisotopic (exact) mass is 378 g/mol. The van der Waals surface area contributed by atoms with E-state index in [4.69, 9.17) is 4.74 Å². The molecule has 1 amide bonds. The van der Waals surface area contributed by atoms with E-state index < -0.39 is 11.4 Å². The summed E-state index contributed by atoms with van der Waals surface area (Å²) < 4.78 is 7.93. The summed E-state index contributed by atoms with van der Waals surface area (Å²) in [6.45, 7) is 0.575. The van der Waals surface area contributed by atoms with E-state index in [9.17, 15) is 19.5 Å². The van der Waals surface area contributed by atoms with Gasteiger partial charge in [-0.25, -0.2) is 4.79 Å². The van der Waals surface area contributed by atoms with Gasteiger partial charge in [0.15, 0.2) is 5.43 Å². The molecule has 2 N–H and O–H groups in total. The van der Waals surface area contributed by atoms with Crippen LogP contribution in [-0.2, 0) is 11.2 Å². The average Bonchev–Trinajstić information content (AvgIpc) is 3.30. The summed E-state index contributed by atoms with van der Waals surface area (Å²) in [5.41, 5.74) is 4.70. The zero-order valence-corrected chi connectivity index (χ0v) is 15.2. The van der Waals surface area contributed by atoms with Crippen LogP contribution in [0, 0.1) is 0 Å². The topological polar surface area (TPSA) is 97.6 Å². The molecule has 5 rings (SSSR count). The number of allylic oxidation sites excluding steroid dienone is 1. The van der Waals surface area contributed by atoms with Crippen LogP contribution in [0.4, 0.5) is 0 Å². The number of ether oxygens (including phenoxy) is 1.